The lowest BCUT2D eigenvalue weighted by Crippen LogP contribution is -2.02. The number of hydrogen-bond acceptors (Lipinski definition) is 2. The van der Waals surface area contributed by atoms with E-state index in [9.17, 15) is 4.79 Å². The molecular weight excluding hydrogens is 296 g/mol. The molecule has 2 aromatic rings. The van der Waals surface area contributed by atoms with Gasteiger partial charge in [-0.3, -0.25) is 0 Å². The number of rotatable bonds is 6. The van der Waals surface area contributed by atoms with Crippen molar-refractivity contribution in [2.75, 3.05) is 0 Å². The second kappa shape index (κ2) is 9.37. The molecule has 2 rings (SSSR count). The predicted octanol–water partition coefficient (Wildman–Crippen LogP) is 4.91. The summed E-state index contributed by atoms with van der Waals surface area (Å²) < 4.78 is 5.03. The van der Waals surface area contributed by atoms with Gasteiger partial charge >= 0.3 is 5.97 Å². The summed E-state index contributed by atoms with van der Waals surface area (Å²) in [6.07, 6.45) is 6.03. The molecule has 0 aliphatic rings. The summed E-state index contributed by atoms with van der Waals surface area (Å²) in [5.41, 5.74) is 3.24. The zero-order valence-electron chi connectivity index (χ0n) is 14.0. The minimum Gasteiger partial charge on any atom is -0.423 e. The summed E-state index contributed by atoms with van der Waals surface area (Å²) in [6.45, 7) is 5.58. The van der Waals surface area contributed by atoms with Crippen LogP contribution in [0.2, 0.25) is 0 Å². The van der Waals surface area contributed by atoms with Crippen molar-refractivity contribution in [3.8, 4) is 17.6 Å². The number of hydrogen-bond donors (Lipinski definition) is 0. The van der Waals surface area contributed by atoms with Crippen LogP contribution >= 0.6 is 0 Å². The van der Waals surface area contributed by atoms with Crippen molar-refractivity contribution in [3.63, 3.8) is 0 Å². The maximum Gasteiger partial charge on any atom is 0.335 e. The van der Waals surface area contributed by atoms with Crippen molar-refractivity contribution < 1.29 is 9.53 Å². The van der Waals surface area contributed by atoms with Gasteiger partial charge in [0.25, 0.3) is 0 Å². The van der Waals surface area contributed by atoms with Gasteiger partial charge in [0, 0.05) is 17.2 Å². The van der Waals surface area contributed by atoms with Crippen LogP contribution in [-0.2, 0) is 11.2 Å². The standard InChI is InChI=1S/C22H22O2/c1-3-5-6-7-18-8-10-19(11-9-18)12-13-20-14-16-21(17-15-20)24-22(23)4-2/h4,8-11,14-17H,2-3,5-7H2,1H3. The quantitative estimate of drug-likeness (QED) is 0.249. The monoisotopic (exact) mass is 318 g/mol. The van der Waals surface area contributed by atoms with Gasteiger partial charge in [0.1, 0.15) is 5.75 Å². The van der Waals surface area contributed by atoms with E-state index in [4.69, 9.17) is 4.74 Å². The molecule has 0 fully saturated rings. The Bertz CT molecular complexity index is 728. The summed E-state index contributed by atoms with van der Waals surface area (Å²) in [7, 11) is 0. The Morgan fingerprint density at radius 2 is 1.58 bits per heavy atom. The van der Waals surface area contributed by atoms with Crippen LogP contribution in [0.4, 0.5) is 0 Å². The molecule has 0 radical (unpaired) electrons. The normalized spacial score (nSPS) is 9.71. The first-order valence-corrected chi connectivity index (χ1v) is 8.26. The average molecular weight is 318 g/mol. The Balaban J connectivity index is 1.96. The smallest absolute Gasteiger partial charge is 0.335 e. The van der Waals surface area contributed by atoms with E-state index < -0.39 is 5.97 Å². The van der Waals surface area contributed by atoms with Gasteiger partial charge in [-0.15, -0.1) is 0 Å². The SMILES string of the molecule is C=CC(=O)Oc1ccc(C#Cc2ccc(CCCCC)cc2)cc1. The van der Waals surface area contributed by atoms with E-state index >= 15 is 0 Å². The zero-order chi connectivity index (χ0) is 17.2. The van der Waals surface area contributed by atoms with Crippen molar-refractivity contribution >= 4 is 5.97 Å². The van der Waals surface area contributed by atoms with Crippen LogP contribution in [0.1, 0.15) is 42.9 Å². The first-order valence-electron chi connectivity index (χ1n) is 8.26. The summed E-state index contributed by atoms with van der Waals surface area (Å²) in [5.74, 6) is 6.29. The van der Waals surface area contributed by atoms with Crippen LogP contribution in [0.15, 0.2) is 61.2 Å². The Labute approximate surface area is 144 Å². The second-order valence-corrected chi connectivity index (χ2v) is 5.55. The third kappa shape index (κ3) is 5.78. The predicted molar refractivity (Wildman–Crippen MR) is 97.9 cm³/mol. The molecule has 2 aromatic carbocycles. The molecule has 0 spiro atoms. The molecule has 122 valence electrons. The van der Waals surface area contributed by atoms with E-state index in [-0.39, 0.29) is 0 Å². The molecule has 0 saturated carbocycles. The van der Waals surface area contributed by atoms with Crippen molar-refractivity contribution in [1.29, 1.82) is 0 Å². The second-order valence-electron chi connectivity index (χ2n) is 5.55. The Hall–Kier alpha value is -2.79. The fourth-order valence-electron chi connectivity index (χ4n) is 2.24. The molecule has 0 aromatic heterocycles. The summed E-state index contributed by atoms with van der Waals surface area (Å²) in [4.78, 5) is 11.1. The van der Waals surface area contributed by atoms with Crippen LogP contribution in [-0.4, -0.2) is 5.97 Å². The largest absolute Gasteiger partial charge is 0.423 e. The van der Waals surface area contributed by atoms with Gasteiger partial charge in [0.05, 0.1) is 0 Å². The molecule has 0 atom stereocenters. The van der Waals surface area contributed by atoms with Gasteiger partial charge < -0.3 is 4.74 Å². The third-order valence-electron chi connectivity index (χ3n) is 3.61. The lowest BCUT2D eigenvalue weighted by molar-refractivity contribution is -0.128. The first-order chi connectivity index (χ1) is 11.7. The molecule has 0 aliphatic carbocycles. The molecule has 0 heterocycles. The van der Waals surface area contributed by atoms with E-state index in [0.717, 1.165) is 23.6 Å². The molecular formula is C22H22O2. The van der Waals surface area contributed by atoms with Crippen LogP contribution in [0, 0.1) is 11.8 Å². The lowest BCUT2D eigenvalue weighted by Gasteiger charge is -2.01. The van der Waals surface area contributed by atoms with Crippen LogP contribution in [0.25, 0.3) is 0 Å². The average Bonchev–Trinajstić information content (AvgIpc) is 2.62. The van der Waals surface area contributed by atoms with Crippen LogP contribution in [0.3, 0.4) is 0 Å². The number of esters is 1. The number of ether oxygens (including phenoxy) is 1. The fourth-order valence-corrected chi connectivity index (χ4v) is 2.24. The number of unbranched alkanes of at least 4 members (excludes halogenated alkanes) is 2. The molecule has 0 N–H and O–H groups in total. The molecule has 0 amide bonds. The van der Waals surface area contributed by atoms with E-state index in [1.807, 2.05) is 12.1 Å². The highest BCUT2D eigenvalue weighted by Crippen LogP contribution is 2.12. The van der Waals surface area contributed by atoms with Crippen LogP contribution in [0.5, 0.6) is 5.75 Å². The Kier molecular flexibility index (Phi) is 6.86. The first kappa shape index (κ1) is 17.6. The minimum absolute atomic E-state index is 0.465. The van der Waals surface area contributed by atoms with Gasteiger partial charge in [0.2, 0.25) is 0 Å². The highest BCUT2D eigenvalue weighted by Gasteiger charge is 1.98. The van der Waals surface area contributed by atoms with Crippen molar-refractivity contribution in [1.82, 2.24) is 0 Å². The van der Waals surface area contributed by atoms with E-state index in [1.165, 1.54) is 24.8 Å². The fraction of sp³-hybridized carbons (Fsp3) is 0.227. The number of carbonyl (C=O) groups is 1. The molecule has 24 heavy (non-hydrogen) atoms. The number of carbonyl (C=O) groups excluding carboxylic acids is 1. The van der Waals surface area contributed by atoms with E-state index in [0.29, 0.717) is 5.75 Å². The van der Waals surface area contributed by atoms with E-state index in [1.54, 1.807) is 12.1 Å². The molecule has 0 aliphatic heterocycles. The molecule has 0 unspecified atom stereocenters. The maximum atomic E-state index is 11.1. The van der Waals surface area contributed by atoms with Crippen molar-refractivity contribution in [2.45, 2.75) is 32.6 Å². The Morgan fingerprint density at radius 3 is 2.12 bits per heavy atom. The van der Waals surface area contributed by atoms with Crippen molar-refractivity contribution in [3.05, 3.63) is 77.9 Å². The maximum absolute atomic E-state index is 11.1. The highest BCUT2D eigenvalue weighted by molar-refractivity contribution is 5.83. The molecule has 2 heteroatoms. The van der Waals surface area contributed by atoms with E-state index in [2.05, 4.69) is 49.6 Å². The van der Waals surface area contributed by atoms with Gasteiger partial charge in [-0.25, -0.2) is 4.79 Å². The topological polar surface area (TPSA) is 26.3 Å². The summed E-state index contributed by atoms with van der Waals surface area (Å²) >= 11 is 0. The van der Waals surface area contributed by atoms with Gasteiger partial charge in [0.15, 0.2) is 0 Å². The zero-order valence-corrected chi connectivity index (χ0v) is 14.0. The van der Waals surface area contributed by atoms with Crippen LogP contribution < -0.4 is 4.74 Å². The number of aryl methyl sites for hydroxylation is 1. The summed E-state index contributed by atoms with van der Waals surface area (Å²) in [6, 6.07) is 15.5. The molecule has 0 saturated heterocycles. The number of benzene rings is 2. The van der Waals surface area contributed by atoms with Gasteiger partial charge in [-0.2, -0.15) is 0 Å². The minimum atomic E-state index is -0.465. The molecule has 2 nitrogen and oxygen atoms in total. The van der Waals surface area contributed by atoms with Gasteiger partial charge in [-0.1, -0.05) is 50.3 Å². The molecule has 0 bridgehead atoms. The lowest BCUT2D eigenvalue weighted by atomic mass is 10.1. The third-order valence-corrected chi connectivity index (χ3v) is 3.61. The van der Waals surface area contributed by atoms with Gasteiger partial charge in [-0.05, 0) is 54.8 Å². The highest BCUT2D eigenvalue weighted by atomic mass is 16.5. The van der Waals surface area contributed by atoms with Crippen molar-refractivity contribution in [2.24, 2.45) is 0 Å². The summed E-state index contributed by atoms with van der Waals surface area (Å²) in [5, 5.41) is 0. The Morgan fingerprint density at radius 1 is 1.00 bits per heavy atom.